The molecule has 0 unspecified atom stereocenters. The summed E-state index contributed by atoms with van der Waals surface area (Å²) in [6.45, 7) is 4.91. The van der Waals surface area contributed by atoms with Crippen LogP contribution in [0.25, 0.3) is 0 Å². The van der Waals surface area contributed by atoms with E-state index >= 15 is 0 Å². The summed E-state index contributed by atoms with van der Waals surface area (Å²) in [5, 5.41) is 5.12. The summed E-state index contributed by atoms with van der Waals surface area (Å²) >= 11 is 1.64. The number of hydrogen-bond acceptors (Lipinski definition) is 4. The fourth-order valence-corrected chi connectivity index (χ4v) is 5.11. The van der Waals surface area contributed by atoms with E-state index < -0.39 is 0 Å². The van der Waals surface area contributed by atoms with Crippen LogP contribution in [-0.4, -0.2) is 43.0 Å². The van der Waals surface area contributed by atoms with Crippen LogP contribution < -0.4 is 5.32 Å². The number of likely N-dealkylation sites (tertiary alicyclic amines) is 1. The second-order valence-corrected chi connectivity index (χ2v) is 8.86. The van der Waals surface area contributed by atoms with E-state index in [2.05, 4.69) is 5.32 Å². The predicted octanol–water partition coefficient (Wildman–Crippen LogP) is 3.24. The molecule has 1 N–H and O–H groups in total. The number of benzene rings is 1. The molecule has 1 aromatic carbocycles. The average molecular weight is 399 g/mol. The molecule has 0 aliphatic carbocycles. The molecule has 3 heterocycles. The van der Waals surface area contributed by atoms with E-state index in [0.29, 0.717) is 32.8 Å². The maximum atomic E-state index is 13.2. The highest BCUT2D eigenvalue weighted by Crippen LogP contribution is 2.45. The van der Waals surface area contributed by atoms with Gasteiger partial charge in [-0.05, 0) is 42.8 Å². The number of carbonyl (C=O) groups is 2. The monoisotopic (exact) mass is 398 g/mol. The highest BCUT2D eigenvalue weighted by Gasteiger charge is 2.51. The van der Waals surface area contributed by atoms with Crippen LogP contribution in [0.5, 0.6) is 0 Å². The average Bonchev–Trinajstić information content (AvgIpc) is 3.35. The molecule has 0 saturated carbocycles. The van der Waals surface area contributed by atoms with E-state index in [0.717, 1.165) is 28.8 Å². The molecule has 4 rings (SSSR count). The molecule has 148 valence electrons. The zero-order valence-electron chi connectivity index (χ0n) is 16.1. The lowest BCUT2D eigenvalue weighted by molar-refractivity contribution is -0.130. The van der Waals surface area contributed by atoms with Crippen molar-refractivity contribution in [3.8, 4) is 0 Å². The molecule has 1 spiro atoms. The third-order valence-electron chi connectivity index (χ3n) is 6.13. The number of thiophene rings is 1. The van der Waals surface area contributed by atoms with Gasteiger partial charge in [-0.2, -0.15) is 0 Å². The maximum absolute atomic E-state index is 13.2. The minimum absolute atomic E-state index is 0.0255. The van der Waals surface area contributed by atoms with E-state index in [4.69, 9.17) is 4.74 Å². The molecule has 1 atom stereocenters. The Morgan fingerprint density at radius 2 is 2.00 bits per heavy atom. The number of ether oxygens (including phenoxy) is 1. The Kier molecular flexibility index (Phi) is 5.51. The van der Waals surface area contributed by atoms with Gasteiger partial charge in [-0.1, -0.05) is 24.3 Å². The number of carbonyl (C=O) groups excluding carboxylic acids is 2. The molecular weight excluding hydrogens is 372 g/mol. The van der Waals surface area contributed by atoms with Gasteiger partial charge < -0.3 is 15.0 Å². The maximum Gasteiger partial charge on any atom is 0.254 e. The Labute approximate surface area is 169 Å². The van der Waals surface area contributed by atoms with Crippen molar-refractivity contribution in [2.45, 2.75) is 26.3 Å². The molecule has 2 aliphatic rings. The first-order valence-electron chi connectivity index (χ1n) is 9.82. The second-order valence-electron chi connectivity index (χ2n) is 7.83. The topological polar surface area (TPSA) is 58.6 Å². The van der Waals surface area contributed by atoms with E-state index in [-0.39, 0.29) is 23.1 Å². The molecule has 0 bridgehead atoms. The highest BCUT2D eigenvalue weighted by molar-refractivity contribution is 7.09. The molecular formula is C22H26N2O3S. The van der Waals surface area contributed by atoms with Gasteiger partial charge in [0.2, 0.25) is 5.91 Å². The minimum Gasteiger partial charge on any atom is -0.381 e. The van der Waals surface area contributed by atoms with Gasteiger partial charge in [0, 0.05) is 42.2 Å². The molecule has 1 aromatic heterocycles. The van der Waals surface area contributed by atoms with Crippen LogP contribution in [0.3, 0.4) is 0 Å². The van der Waals surface area contributed by atoms with Crippen LogP contribution >= 0.6 is 11.3 Å². The van der Waals surface area contributed by atoms with Gasteiger partial charge in [0.25, 0.3) is 5.91 Å². The zero-order valence-corrected chi connectivity index (χ0v) is 17.0. The van der Waals surface area contributed by atoms with Gasteiger partial charge >= 0.3 is 0 Å². The molecule has 2 fully saturated rings. The van der Waals surface area contributed by atoms with Crippen molar-refractivity contribution in [1.29, 1.82) is 0 Å². The SMILES string of the molecule is Cc1ccccc1C(=O)N1C[C@H](C(=O)NCc2cccs2)C2(CCOCC2)C1. The van der Waals surface area contributed by atoms with Crippen molar-refractivity contribution in [3.05, 3.63) is 57.8 Å². The van der Waals surface area contributed by atoms with Crippen LogP contribution in [-0.2, 0) is 16.1 Å². The second kappa shape index (κ2) is 8.05. The summed E-state index contributed by atoms with van der Waals surface area (Å²) in [4.78, 5) is 29.3. The van der Waals surface area contributed by atoms with Crippen molar-refractivity contribution in [1.82, 2.24) is 10.2 Å². The normalized spacial score (nSPS) is 21.0. The molecule has 2 aromatic rings. The summed E-state index contributed by atoms with van der Waals surface area (Å²) in [5.74, 6) is -0.114. The van der Waals surface area contributed by atoms with Gasteiger partial charge in [-0.25, -0.2) is 0 Å². The van der Waals surface area contributed by atoms with Crippen LogP contribution in [0.4, 0.5) is 0 Å². The van der Waals surface area contributed by atoms with Crippen molar-refractivity contribution in [2.75, 3.05) is 26.3 Å². The summed E-state index contributed by atoms with van der Waals surface area (Å²) in [5.41, 5.74) is 1.51. The van der Waals surface area contributed by atoms with Crippen LogP contribution in [0.1, 0.15) is 33.6 Å². The lowest BCUT2D eigenvalue weighted by atomic mass is 9.72. The molecule has 2 saturated heterocycles. The van der Waals surface area contributed by atoms with E-state index in [1.165, 1.54) is 0 Å². The number of nitrogens with one attached hydrogen (secondary N) is 1. The fraction of sp³-hybridized carbons (Fsp3) is 0.455. The number of nitrogens with zero attached hydrogens (tertiary/aromatic N) is 1. The van der Waals surface area contributed by atoms with Crippen molar-refractivity contribution in [2.24, 2.45) is 11.3 Å². The number of hydrogen-bond donors (Lipinski definition) is 1. The van der Waals surface area contributed by atoms with Gasteiger partial charge in [0.1, 0.15) is 0 Å². The van der Waals surface area contributed by atoms with Crippen LogP contribution in [0, 0.1) is 18.3 Å². The summed E-state index contributed by atoms with van der Waals surface area (Å²) < 4.78 is 5.57. The Morgan fingerprint density at radius 3 is 2.71 bits per heavy atom. The van der Waals surface area contributed by atoms with Gasteiger partial charge in [0.05, 0.1) is 12.5 Å². The summed E-state index contributed by atoms with van der Waals surface area (Å²) in [7, 11) is 0. The Balaban J connectivity index is 1.53. The molecule has 2 aliphatic heterocycles. The van der Waals surface area contributed by atoms with Gasteiger partial charge in [-0.15, -0.1) is 11.3 Å². The van der Waals surface area contributed by atoms with Crippen LogP contribution in [0.15, 0.2) is 41.8 Å². The summed E-state index contributed by atoms with van der Waals surface area (Å²) in [6, 6.07) is 11.7. The Hall–Kier alpha value is -2.18. The zero-order chi connectivity index (χ0) is 19.6. The van der Waals surface area contributed by atoms with Gasteiger partial charge in [0.15, 0.2) is 0 Å². The Morgan fingerprint density at radius 1 is 1.21 bits per heavy atom. The smallest absolute Gasteiger partial charge is 0.254 e. The number of aryl methyl sites for hydroxylation is 1. The van der Waals surface area contributed by atoms with E-state index in [1.807, 2.05) is 53.6 Å². The third kappa shape index (κ3) is 3.71. The summed E-state index contributed by atoms with van der Waals surface area (Å²) in [6.07, 6.45) is 1.64. The standard InChI is InChI=1S/C22H26N2O3S/c1-16-5-2-3-7-18(16)21(26)24-14-19(22(15-24)8-10-27-11-9-22)20(25)23-13-17-6-4-12-28-17/h2-7,12,19H,8-11,13-15H2,1H3,(H,23,25)/t19-/m1/s1. The largest absolute Gasteiger partial charge is 0.381 e. The molecule has 6 heteroatoms. The molecule has 5 nitrogen and oxygen atoms in total. The first-order valence-corrected chi connectivity index (χ1v) is 10.7. The quantitative estimate of drug-likeness (QED) is 0.860. The van der Waals surface area contributed by atoms with Crippen molar-refractivity contribution >= 4 is 23.2 Å². The molecule has 2 amide bonds. The van der Waals surface area contributed by atoms with Crippen molar-refractivity contribution < 1.29 is 14.3 Å². The van der Waals surface area contributed by atoms with Gasteiger partial charge in [-0.3, -0.25) is 9.59 Å². The number of rotatable bonds is 4. The predicted molar refractivity (Wildman–Crippen MR) is 109 cm³/mol. The lowest BCUT2D eigenvalue weighted by Crippen LogP contribution is -2.44. The molecule has 0 radical (unpaired) electrons. The molecule has 28 heavy (non-hydrogen) atoms. The lowest BCUT2D eigenvalue weighted by Gasteiger charge is -2.37. The van der Waals surface area contributed by atoms with Crippen LogP contribution in [0.2, 0.25) is 0 Å². The first kappa shape index (κ1) is 19.2. The highest BCUT2D eigenvalue weighted by atomic mass is 32.1. The van der Waals surface area contributed by atoms with E-state index in [1.54, 1.807) is 11.3 Å². The van der Waals surface area contributed by atoms with E-state index in [9.17, 15) is 9.59 Å². The third-order valence-corrected chi connectivity index (χ3v) is 7.01. The van der Waals surface area contributed by atoms with Crippen molar-refractivity contribution in [3.63, 3.8) is 0 Å². The Bertz CT molecular complexity index is 843. The fourth-order valence-electron chi connectivity index (χ4n) is 4.46. The number of amides is 2. The minimum atomic E-state index is -0.190. The first-order chi connectivity index (χ1) is 13.6.